The highest BCUT2D eigenvalue weighted by atomic mass is 15.1. The normalized spacial score (nSPS) is 20.1. The molecule has 300 valence electrons. The van der Waals surface area contributed by atoms with Gasteiger partial charge in [0.05, 0.1) is 22.8 Å². The van der Waals surface area contributed by atoms with Crippen LogP contribution in [0, 0.1) is 5.92 Å². The van der Waals surface area contributed by atoms with Crippen LogP contribution in [-0.2, 0) is 12.8 Å². The minimum absolute atomic E-state index is 0.103. The molecule has 5 aromatic carbocycles. The molecule has 62 heavy (non-hydrogen) atoms. The Morgan fingerprint density at radius 1 is 0.597 bits per heavy atom. The van der Waals surface area contributed by atoms with Crippen molar-refractivity contribution in [2.24, 2.45) is 10.9 Å². The zero-order valence-electron chi connectivity index (χ0n) is 34.8. The van der Waals surface area contributed by atoms with Crippen molar-refractivity contribution in [2.45, 2.75) is 50.5 Å². The molecule has 0 bridgehead atoms. The van der Waals surface area contributed by atoms with E-state index in [1.807, 2.05) is 0 Å². The van der Waals surface area contributed by atoms with Gasteiger partial charge in [0.25, 0.3) is 0 Å². The molecule has 0 spiro atoms. The Morgan fingerprint density at radius 3 is 2.29 bits per heavy atom. The van der Waals surface area contributed by atoms with Gasteiger partial charge in [-0.15, -0.1) is 0 Å². The molecule has 12 rings (SSSR count). The molecule has 4 aliphatic carbocycles. The van der Waals surface area contributed by atoms with Crippen LogP contribution in [0.25, 0.3) is 62.2 Å². The van der Waals surface area contributed by atoms with E-state index in [9.17, 15) is 0 Å². The number of nitrogens with one attached hydrogen (secondary N) is 1. The number of hydrogen-bond donors (Lipinski definition) is 1. The first kappa shape index (κ1) is 36.7. The summed E-state index contributed by atoms with van der Waals surface area (Å²) in [6, 6.07) is 45.1. The first-order valence-electron chi connectivity index (χ1n) is 22.4. The number of amidine groups is 1. The second kappa shape index (κ2) is 15.4. The summed E-state index contributed by atoms with van der Waals surface area (Å²) in [5.41, 5.74) is 17.7. The van der Waals surface area contributed by atoms with Crippen LogP contribution in [0.1, 0.15) is 65.2 Å². The number of allylic oxidation sites excluding steroid dienone is 7. The maximum atomic E-state index is 5.30. The molecule has 3 heterocycles. The van der Waals surface area contributed by atoms with Gasteiger partial charge in [0.15, 0.2) is 0 Å². The summed E-state index contributed by atoms with van der Waals surface area (Å²) in [5, 5.41) is 6.48. The molecule has 1 N–H and O–H groups in total. The van der Waals surface area contributed by atoms with E-state index in [2.05, 4.69) is 209 Å². The summed E-state index contributed by atoms with van der Waals surface area (Å²) in [5.74, 6) is 1.56. The Balaban J connectivity index is 0.888. The van der Waals surface area contributed by atoms with E-state index in [1.165, 1.54) is 83.5 Å². The lowest BCUT2D eigenvalue weighted by Gasteiger charge is -2.29. The molecule has 4 heteroatoms. The maximum absolute atomic E-state index is 5.30. The first-order valence-corrected chi connectivity index (χ1v) is 22.4. The van der Waals surface area contributed by atoms with Crippen LogP contribution in [0.5, 0.6) is 0 Å². The van der Waals surface area contributed by atoms with Gasteiger partial charge in [-0.2, -0.15) is 0 Å². The van der Waals surface area contributed by atoms with Crippen LogP contribution in [0.3, 0.4) is 0 Å². The highest BCUT2D eigenvalue weighted by Crippen LogP contribution is 2.42. The Labute approximate surface area is 363 Å². The number of fused-ring (bicyclic) bond motifs is 6. The van der Waals surface area contributed by atoms with Crippen molar-refractivity contribution < 1.29 is 0 Å². The van der Waals surface area contributed by atoms with Gasteiger partial charge in [-0.3, -0.25) is 0 Å². The number of nitrogens with zero attached hydrogens (tertiary/aromatic N) is 3. The average molecular weight is 801 g/mol. The lowest BCUT2D eigenvalue weighted by atomic mass is 9.85. The molecule has 0 saturated carbocycles. The van der Waals surface area contributed by atoms with Crippen LogP contribution in [0.2, 0.25) is 0 Å². The molecule has 0 fully saturated rings. The largest absolute Gasteiger partial charge is 0.363 e. The molecule has 5 aliphatic rings. The van der Waals surface area contributed by atoms with Gasteiger partial charge in [-0.1, -0.05) is 140 Å². The number of hydrogen-bond acceptors (Lipinski definition) is 2. The first-order chi connectivity index (χ1) is 30.7. The monoisotopic (exact) mass is 800 g/mol. The third-order valence-corrected chi connectivity index (χ3v) is 13.5. The van der Waals surface area contributed by atoms with Gasteiger partial charge in [0.2, 0.25) is 0 Å². The predicted octanol–water partition coefficient (Wildman–Crippen LogP) is 13.7. The topological polar surface area (TPSA) is 34.2 Å². The molecule has 2 aromatic heterocycles. The molecule has 0 amide bonds. The van der Waals surface area contributed by atoms with Crippen LogP contribution in [-0.4, -0.2) is 21.0 Å². The molecular formula is C58H48N4. The molecule has 0 radical (unpaired) electrons. The fourth-order valence-corrected chi connectivity index (χ4v) is 10.5. The van der Waals surface area contributed by atoms with Gasteiger partial charge < -0.3 is 14.5 Å². The lowest BCUT2D eigenvalue weighted by molar-refractivity contribution is 0.745. The molecular weight excluding hydrogens is 753 g/mol. The van der Waals surface area contributed by atoms with Gasteiger partial charge in [-0.05, 0) is 121 Å². The van der Waals surface area contributed by atoms with E-state index >= 15 is 0 Å². The van der Waals surface area contributed by atoms with Crippen LogP contribution >= 0.6 is 0 Å². The Bertz CT molecular complexity index is 3150. The summed E-state index contributed by atoms with van der Waals surface area (Å²) < 4.78 is 4.94. The average Bonchev–Trinajstić information content (AvgIpc) is 3.88. The van der Waals surface area contributed by atoms with Crippen LogP contribution in [0.15, 0.2) is 193 Å². The van der Waals surface area contributed by atoms with Crippen molar-refractivity contribution in [1.29, 1.82) is 0 Å². The number of aryl methyl sites for hydroxylation is 1. The van der Waals surface area contributed by atoms with E-state index in [0.29, 0.717) is 0 Å². The number of benzene rings is 5. The fraction of sp³-hybridized carbons (Fsp3) is 0.155. The number of aliphatic imine (C=N–C) groups is 1. The van der Waals surface area contributed by atoms with Gasteiger partial charge in [-0.25, -0.2) is 4.99 Å². The third-order valence-electron chi connectivity index (χ3n) is 13.5. The minimum Gasteiger partial charge on any atom is -0.363 e. The maximum Gasteiger partial charge on any atom is 0.110 e. The zero-order chi connectivity index (χ0) is 41.0. The summed E-state index contributed by atoms with van der Waals surface area (Å²) in [6.45, 7) is 0. The lowest BCUT2D eigenvalue weighted by Crippen LogP contribution is -2.41. The summed E-state index contributed by atoms with van der Waals surface area (Å²) in [6.07, 6.45) is 33.8. The Kier molecular flexibility index (Phi) is 9.10. The molecule has 0 saturated heterocycles. The smallest absolute Gasteiger partial charge is 0.110 e. The summed E-state index contributed by atoms with van der Waals surface area (Å²) in [7, 11) is 0. The highest BCUT2D eigenvalue weighted by molar-refractivity contribution is 6.01. The van der Waals surface area contributed by atoms with Crippen LogP contribution in [0.4, 0.5) is 0 Å². The van der Waals surface area contributed by atoms with E-state index in [4.69, 9.17) is 4.99 Å². The zero-order valence-corrected chi connectivity index (χ0v) is 34.8. The van der Waals surface area contributed by atoms with Crippen molar-refractivity contribution >= 4 is 45.5 Å². The third kappa shape index (κ3) is 6.32. The van der Waals surface area contributed by atoms with E-state index in [1.54, 1.807) is 0 Å². The predicted molar refractivity (Wildman–Crippen MR) is 260 cm³/mol. The van der Waals surface area contributed by atoms with E-state index in [-0.39, 0.29) is 17.9 Å². The van der Waals surface area contributed by atoms with Crippen molar-refractivity contribution in [3.05, 3.63) is 221 Å². The van der Waals surface area contributed by atoms with E-state index in [0.717, 1.165) is 50.1 Å². The van der Waals surface area contributed by atoms with E-state index < -0.39 is 0 Å². The Hall–Kier alpha value is -7.17. The van der Waals surface area contributed by atoms with Crippen molar-refractivity contribution in [3.63, 3.8) is 0 Å². The van der Waals surface area contributed by atoms with Crippen molar-refractivity contribution in [3.8, 4) is 22.5 Å². The second-order valence-electron chi connectivity index (χ2n) is 17.2. The molecule has 4 nitrogen and oxygen atoms in total. The van der Waals surface area contributed by atoms with Gasteiger partial charge in [0.1, 0.15) is 5.84 Å². The molecule has 1 aliphatic heterocycles. The number of para-hydroxylation sites is 3. The van der Waals surface area contributed by atoms with Crippen molar-refractivity contribution in [1.82, 2.24) is 14.5 Å². The van der Waals surface area contributed by atoms with Crippen molar-refractivity contribution in [2.75, 3.05) is 0 Å². The fourth-order valence-electron chi connectivity index (χ4n) is 10.5. The second-order valence-corrected chi connectivity index (χ2v) is 17.2. The van der Waals surface area contributed by atoms with Crippen LogP contribution < -0.4 is 5.32 Å². The number of rotatable bonds is 7. The highest BCUT2D eigenvalue weighted by Gasteiger charge is 2.27. The van der Waals surface area contributed by atoms with Gasteiger partial charge >= 0.3 is 0 Å². The molecule has 3 unspecified atom stereocenters. The number of aromatic nitrogens is 2. The quantitative estimate of drug-likeness (QED) is 0.171. The molecule has 3 atom stereocenters. The minimum atomic E-state index is 0.103. The standard InChI is InChI=1S/C58H48N4/c1-4-16-40(17-5-1)52-38-53(60-58(59-52)41-18-6-2-7-19-41)44-21-14-20-42(36-44)43-32-35-56-51(37-43)49-25-11-12-28-54(49)61(56)46-33-30-39(31-34-46)47-26-15-27-50-48-24-10-13-29-55(48)62(57(47)50)45-22-8-3-9-23-45/h2-4,6-9,11-18,20-23,25-36,38,41,43,52H,1,5,10,19,24,37H2,(H,59,60). The van der Waals surface area contributed by atoms with Gasteiger partial charge in [0, 0.05) is 56.5 Å². The summed E-state index contributed by atoms with van der Waals surface area (Å²) in [4.78, 5) is 5.30. The Morgan fingerprint density at radius 2 is 1.42 bits per heavy atom. The SMILES string of the molecule is C1=CCC(C2=NC(c3cccc(C4C=Cc5c(c6ccccc6n5-c5ccc(-c6cccc7c8c(n(-c9ccccc9)c67)C=CCC8)cc5)C4)c3)=CC(C3=CCCC=C3)N2)C=C1. The molecule has 7 aromatic rings. The summed E-state index contributed by atoms with van der Waals surface area (Å²) >= 11 is 0.